The highest BCUT2D eigenvalue weighted by Gasteiger charge is 2.30. The summed E-state index contributed by atoms with van der Waals surface area (Å²) in [7, 11) is 0. The van der Waals surface area contributed by atoms with Crippen LogP contribution in [-0.2, 0) is 11.3 Å². The van der Waals surface area contributed by atoms with Crippen molar-refractivity contribution in [2.75, 3.05) is 18.0 Å². The number of anilines is 1. The minimum absolute atomic E-state index is 0.204. The van der Waals surface area contributed by atoms with Crippen molar-refractivity contribution in [2.45, 2.75) is 79.5 Å². The second-order valence-corrected chi connectivity index (χ2v) is 11.5. The quantitative estimate of drug-likeness (QED) is 0.357. The smallest absolute Gasteiger partial charge is 0.410 e. The molecule has 4 rings (SSSR count). The van der Waals surface area contributed by atoms with Crippen LogP contribution in [0, 0.1) is 27.7 Å². The van der Waals surface area contributed by atoms with Gasteiger partial charge in [0.15, 0.2) is 0 Å². The number of benzene rings is 3. The van der Waals surface area contributed by atoms with Gasteiger partial charge in [-0.15, -0.1) is 0 Å². The van der Waals surface area contributed by atoms with Gasteiger partial charge in [-0.1, -0.05) is 48.5 Å². The Kier molecular flexibility index (Phi) is 7.96. The fourth-order valence-corrected chi connectivity index (χ4v) is 5.23. The summed E-state index contributed by atoms with van der Waals surface area (Å²) in [6.45, 7) is 16.8. The highest BCUT2D eigenvalue weighted by molar-refractivity contribution is 5.69. The minimum Gasteiger partial charge on any atom is -0.444 e. The Labute approximate surface area is 223 Å². The molecule has 4 heteroatoms. The van der Waals surface area contributed by atoms with Crippen LogP contribution in [0.25, 0.3) is 11.1 Å². The number of likely N-dealkylation sites (tertiary alicyclic amines) is 1. The molecule has 0 spiro atoms. The summed E-state index contributed by atoms with van der Waals surface area (Å²) in [6, 6.07) is 22.6. The van der Waals surface area contributed by atoms with E-state index in [1.807, 2.05) is 25.7 Å². The molecule has 0 saturated carbocycles. The van der Waals surface area contributed by atoms with E-state index in [0.717, 1.165) is 19.4 Å². The summed E-state index contributed by atoms with van der Waals surface area (Å²) in [5.74, 6) is 0. The summed E-state index contributed by atoms with van der Waals surface area (Å²) >= 11 is 0. The lowest BCUT2D eigenvalue weighted by atomic mass is 9.95. The average molecular weight is 499 g/mol. The molecule has 0 N–H and O–H groups in total. The molecule has 4 nitrogen and oxygen atoms in total. The third-order valence-corrected chi connectivity index (χ3v) is 7.52. The molecule has 1 heterocycles. The van der Waals surface area contributed by atoms with Gasteiger partial charge in [0.1, 0.15) is 5.60 Å². The lowest BCUT2D eigenvalue weighted by Gasteiger charge is -2.40. The first-order chi connectivity index (χ1) is 17.5. The second kappa shape index (κ2) is 11.0. The first-order valence-corrected chi connectivity index (χ1v) is 13.5. The first kappa shape index (κ1) is 26.8. The van der Waals surface area contributed by atoms with E-state index in [4.69, 9.17) is 4.74 Å². The molecule has 0 aromatic heterocycles. The highest BCUT2D eigenvalue weighted by Crippen LogP contribution is 2.31. The number of ether oxygens (including phenoxy) is 1. The zero-order valence-corrected chi connectivity index (χ0v) is 23.6. The molecule has 0 aliphatic carbocycles. The highest BCUT2D eigenvalue weighted by atomic mass is 16.6. The third kappa shape index (κ3) is 6.54. The maximum absolute atomic E-state index is 12.6. The Morgan fingerprint density at radius 3 is 2.14 bits per heavy atom. The SMILES string of the molecule is Cc1ccccc1N(Cc1cccc(-c2cc(C)c(C)c(C)c2)c1)C1CCN(C(=O)OC(C)(C)C)CC1. The van der Waals surface area contributed by atoms with Crippen molar-refractivity contribution >= 4 is 11.8 Å². The van der Waals surface area contributed by atoms with Crippen LogP contribution in [0.5, 0.6) is 0 Å². The molecule has 3 aromatic carbocycles. The van der Waals surface area contributed by atoms with Crippen LogP contribution in [0.1, 0.15) is 61.4 Å². The van der Waals surface area contributed by atoms with E-state index in [1.165, 1.54) is 44.6 Å². The second-order valence-electron chi connectivity index (χ2n) is 11.5. The maximum atomic E-state index is 12.6. The molecule has 1 saturated heterocycles. The van der Waals surface area contributed by atoms with E-state index in [9.17, 15) is 4.79 Å². The summed E-state index contributed by atoms with van der Waals surface area (Å²) in [5.41, 5.74) is 9.93. The summed E-state index contributed by atoms with van der Waals surface area (Å²) in [6.07, 6.45) is 1.64. The van der Waals surface area contributed by atoms with Crippen LogP contribution in [-0.4, -0.2) is 35.7 Å². The molecule has 1 amide bonds. The number of carbonyl (C=O) groups excluding carboxylic acids is 1. The molecule has 1 aliphatic rings. The van der Waals surface area contributed by atoms with Crippen molar-refractivity contribution < 1.29 is 9.53 Å². The predicted molar refractivity (Wildman–Crippen MR) is 154 cm³/mol. The lowest BCUT2D eigenvalue weighted by Crippen LogP contribution is -2.48. The fourth-order valence-electron chi connectivity index (χ4n) is 5.23. The van der Waals surface area contributed by atoms with E-state index in [-0.39, 0.29) is 6.09 Å². The number of aryl methyl sites for hydroxylation is 3. The Hall–Kier alpha value is -3.27. The van der Waals surface area contributed by atoms with E-state index >= 15 is 0 Å². The van der Waals surface area contributed by atoms with Crippen LogP contribution in [0.3, 0.4) is 0 Å². The number of rotatable bonds is 5. The van der Waals surface area contributed by atoms with Gasteiger partial charge in [-0.05, 0) is 112 Å². The summed E-state index contributed by atoms with van der Waals surface area (Å²) in [5, 5.41) is 0. The van der Waals surface area contributed by atoms with Gasteiger partial charge >= 0.3 is 6.09 Å². The molecule has 0 unspecified atom stereocenters. The molecular weight excluding hydrogens is 456 g/mol. The third-order valence-electron chi connectivity index (χ3n) is 7.52. The summed E-state index contributed by atoms with van der Waals surface area (Å²) < 4.78 is 5.62. The Morgan fingerprint density at radius 2 is 1.51 bits per heavy atom. The first-order valence-electron chi connectivity index (χ1n) is 13.5. The Bertz CT molecular complexity index is 1230. The van der Waals surface area contributed by atoms with E-state index in [0.29, 0.717) is 19.1 Å². The van der Waals surface area contributed by atoms with E-state index in [1.54, 1.807) is 0 Å². The Balaban J connectivity index is 1.57. The number of carbonyl (C=O) groups is 1. The van der Waals surface area contributed by atoms with Crippen molar-refractivity contribution in [1.82, 2.24) is 4.90 Å². The van der Waals surface area contributed by atoms with Gasteiger partial charge < -0.3 is 14.5 Å². The van der Waals surface area contributed by atoms with Gasteiger partial charge in [-0.3, -0.25) is 0 Å². The lowest BCUT2D eigenvalue weighted by molar-refractivity contribution is 0.0204. The summed E-state index contributed by atoms with van der Waals surface area (Å²) in [4.78, 5) is 17.0. The number of hydrogen-bond acceptors (Lipinski definition) is 3. The molecular formula is C33H42N2O2. The average Bonchev–Trinajstić information content (AvgIpc) is 2.85. The van der Waals surface area contributed by atoms with Gasteiger partial charge in [-0.25, -0.2) is 4.79 Å². The fraction of sp³-hybridized carbons (Fsp3) is 0.424. The molecule has 1 fully saturated rings. The molecule has 0 atom stereocenters. The zero-order chi connectivity index (χ0) is 26.7. The normalized spacial score (nSPS) is 14.5. The predicted octanol–water partition coefficient (Wildman–Crippen LogP) is 7.99. The van der Waals surface area contributed by atoms with Crippen molar-refractivity contribution in [3.8, 4) is 11.1 Å². The molecule has 0 radical (unpaired) electrons. The van der Waals surface area contributed by atoms with Crippen LogP contribution in [0.4, 0.5) is 10.5 Å². The minimum atomic E-state index is -0.472. The number of para-hydroxylation sites is 1. The van der Waals surface area contributed by atoms with Crippen molar-refractivity contribution in [2.24, 2.45) is 0 Å². The standard InChI is InChI=1S/C33H42N2O2/c1-23-11-8-9-14-31(23)35(30-15-17-34(18-16-30)32(36)37-33(5,6)7)22-27-12-10-13-28(21-27)29-19-24(2)26(4)25(3)20-29/h8-14,19-21,30H,15-18,22H2,1-7H3. The van der Waals surface area contributed by atoms with Crippen molar-refractivity contribution in [1.29, 1.82) is 0 Å². The van der Waals surface area contributed by atoms with Crippen molar-refractivity contribution in [3.05, 3.63) is 88.5 Å². The van der Waals surface area contributed by atoms with Gasteiger partial charge in [0.2, 0.25) is 0 Å². The van der Waals surface area contributed by atoms with Gasteiger partial charge in [-0.2, -0.15) is 0 Å². The van der Waals surface area contributed by atoms with Crippen LogP contribution in [0.15, 0.2) is 60.7 Å². The topological polar surface area (TPSA) is 32.8 Å². The van der Waals surface area contributed by atoms with E-state index < -0.39 is 5.60 Å². The largest absolute Gasteiger partial charge is 0.444 e. The number of hydrogen-bond donors (Lipinski definition) is 0. The van der Waals surface area contributed by atoms with E-state index in [2.05, 4.69) is 93.3 Å². The van der Waals surface area contributed by atoms with Gasteiger partial charge in [0, 0.05) is 31.4 Å². The van der Waals surface area contributed by atoms with Crippen LogP contribution < -0.4 is 4.90 Å². The zero-order valence-electron chi connectivity index (χ0n) is 23.6. The monoisotopic (exact) mass is 498 g/mol. The van der Waals surface area contributed by atoms with Crippen LogP contribution in [0.2, 0.25) is 0 Å². The van der Waals surface area contributed by atoms with Gasteiger partial charge in [0.25, 0.3) is 0 Å². The molecule has 37 heavy (non-hydrogen) atoms. The number of amides is 1. The van der Waals surface area contributed by atoms with Crippen molar-refractivity contribution in [3.63, 3.8) is 0 Å². The number of piperidine rings is 1. The Morgan fingerprint density at radius 1 is 0.865 bits per heavy atom. The molecule has 196 valence electrons. The molecule has 3 aromatic rings. The van der Waals surface area contributed by atoms with Crippen LogP contribution >= 0.6 is 0 Å². The molecule has 1 aliphatic heterocycles. The number of nitrogens with zero attached hydrogens (tertiary/aromatic N) is 2. The van der Waals surface area contributed by atoms with Gasteiger partial charge in [0.05, 0.1) is 0 Å². The molecule has 0 bridgehead atoms. The maximum Gasteiger partial charge on any atom is 0.410 e.